The van der Waals surface area contributed by atoms with Gasteiger partial charge in [-0.1, -0.05) is 18.2 Å². The first kappa shape index (κ1) is 14.5. The number of rotatable bonds is 2. The molecule has 0 saturated carbocycles. The maximum Gasteiger partial charge on any atom is 0.266 e. The number of carbonyl (C=O) groups is 1. The lowest BCUT2D eigenvalue weighted by molar-refractivity contribution is 0.103. The van der Waals surface area contributed by atoms with Gasteiger partial charge in [0, 0.05) is 5.69 Å². The molecule has 2 N–H and O–H groups in total. The molecule has 22 heavy (non-hydrogen) atoms. The highest BCUT2D eigenvalue weighted by molar-refractivity contribution is 7.20. The van der Waals surface area contributed by atoms with Crippen LogP contribution in [-0.4, -0.2) is 15.9 Å². The minimum atomic E-state index is -0.216. The number of fused-ring (bicyclic) bond motifs is 1. The van der Waals surface area contributed by atoms with Gasteiger partial charge in [-0.3, -0.25) is 9.59 Å². The maximum absolute atomic E-state index is 12.5. The van der Waals surface area contributed by atoms with Gasteiger partial charge in [0.05, 0.1) is 10.3 Å². The molecule has 1 aromatic carbocycles. The molecule has 0 fully saturated rings. The highest BCUT2D eigenvalue weighted by Crippen LogP contribution is 2.28. The Bertz CT molecular complexity index is 940. The fourth-order valence-electron chi connectivity index (χ4n) is 2.36. The summed E-state index contributed by atoms with van der Waals surface area (Å²) in [6, 6.07) is 7.58. The number of nitrogens with one attached hydrogen (secondary N) is 2. The maximum atomic E-state index is 12.5. The zero-order chi connectivity index (χ0) is 15.9. The van der Waals surface area contributed by atoms with Crippen LogP contribution in [0.3, 0.4) is 0 Å². The van der Waals surface area contributed by atoms with Gasteiger partial charge in [0.2, 0.25) is 0 Å². The summed E-state index contributed by atoms with van der Waals surface area (Å²) < 4.78 is 0. The average molecular weight is 313 g/mol. The Morgan fingerprint density at radius 2 is 1.95 bits per heavy atom. The number of benzene rings is 1. The van der Waals surface area contributed by atoms with Crippen molar-refractivity contribution in [3.05, 3.63) is 56.4 Å². The number of hydrogen-bond acceptors (Lipinski definition) is 4. The summed E-state index contributed by atoms with van der Waals surface area (Å²) in [5.41, 5.74) is 2.22. The average Bonchev–Trinajstić information content (AvgIpc) is 2.78. The summed E-state index contributed by atoms with van der Waals surface area (Å²) in [5, 5.41) is 3.39. The van der Waals surface area contributed by atoms with Crippen LogP contribution in [0.25, 0.3) is 10.2 Å². The summed E-state index contributed by atoms with van der Waals surface area (Å²) in [7, 11) is 0. The smallest absolute Gasteiger partial charge is 0.266 e. The van der Waals surface area contributed by atoms with Crippen LogP contribution in [0, 0.1) is 20.8 Å². The Hall–Kier alpha value is -2.47. The van der Waals surface area contributed by atoms with Gasteiger partial charge >= 0.3 is 0 Å². The third-order valence-electron chi connectivity index (χ3n) is 3.52. The second kappa shape index (κ2) is 5.38. The van der Waals surface area contributed by atoms with Crippen LogP contribution in [0.4, 0.5) is 5.69 Å². The second-order valence-electron chi connectivity index (χ2n) is 5.16. The Kier molecular flexibility index (Phi) is 3.54. The van der Waals surface area contributed by atoms with Gasteiger partial charge in [0.1, 0.15) is 10.7 Å². The third kappa shape index (κ3) is 2.42. The zero-order valence-corrected chi connectivity index (χ0v) is 13.3. The van der Waals surface area contributed by atoms with Crippen LogP contribution < -0.4 is 10.9 Å². The summed E-state index contributed by atoms with van der Waals surface area (Å²) in [6.45, 7) is 5.43. The molecule has 0 aliphatic rings. The molecule has 3 aromatic rings. The summed E-state index contributed by atoms with van der Waals surface area (Å²) >= 11 is 1.24. The molecule has 0 unspecified atom stereocenters. The number of aryl methyl sites for hydroxylation is 3. The summed E-state index contributed by atoms with van der Waals surface area (Å²) in [6.07, 6.45) is 0. The second-order valence-corrected chi connectivity index (χ2v) is 6.16. The number of aromatic amines is 1. The molecule has 5 nitrogen and oxygen atoms in total. The number of H-pyrrole nitrogens is 1. The Morgan fingerprint density at radius 1 is 1.23 bits per heavy atom. The first-order chi connectivity index (χ1) is 10.5. The number of para-hydroxylation sites is 1. The molecule has 0 spiro atoms. The van der Waals surface area contributed by atoms with E-state index in [2.05, 4.69) is 15.3 Å². The molecule has 0 aliphatic heterocycles. The predicted molar refractivity (Wildman–Crippen MR) is 88.8 cm³/mol. The first-order valence-electron chi connectivity index (χ1n) is 6.84. The Morgan fingerprint density at radius 3 is 2.68 bits per heavy atom. The van der Waals surface area contributed by atoms with Crippen molar-refractivity contribution in [1.82, 2.24) is 9.97 Å². The highest BCUT2D eigenvalue weighted by Gasteiger charge is 2.19. The highest BCUT2D eigenvalue weighted by atomic mass is 32.1. The van der Waals surface area contributed by atoms with Crippen LogP contribution in [0.5, 0.6) is 0 Å². The van der Waals surface area contributed by atoms with Crippen molar-refractivity contribution in [2.24, 2.45) is 0 Å². The van der Waals surface area contributed by atoms with E-state index in [4.69, 9.17) is 0 Å². The number of nitrogens with zero attached hydrogens (tertiary/aromatic N) is 1. The monoisotopic (exact) mass is 313 g/mol. The van der Waals surface area contributed by atoms with Crippen molar-refractivity contribution in [2.75, 3.05) is 5.32 Å². The molecule has 0 radical (unpaired) electrons. The Balaban J connectivity index is 2.05. The largest absolute Gasteiger partial charge is 0.321 e. The molecule has 3 rings (SSSR count). The molecule has 0 bridgehead atoms. The first-order valence-corrected chi connectivity index (χ1v) is 7.66. The summed E-state index contributed by atoms with van der Waals surface area (Å²) in [4.78, 5) is 32.6. The topological polar surface area (TPSA) is 74.8 Å². The zero-order valence-electron chi connectivity index (χ0n) is 12.5. The van der Waals surface area contributed by atoms with Crippen molar-refractivity contribution < 1.29 is 4.79 Å². The molecule has 112 valence electrons. The molecule has 6 heteroatoms. The number of thiophene rings is 1. The van der Waals surface area contributed by atoms with E-state index < -0.39 is 0 Å². The lowest BCUT2D eigenvalue weighted by Gasteiger charge is -2.07. The van der Waals surface area contributed by atoms with Crippen LogP contribution in [0.1, 0.15) is 26.6 Å². The van der Waals surface area contributed by atoms with E-state index in [0.29, 0.717) is 26.5 Å². The SMILES string of the molecule is Cc1nc2sc(C(=O)Nc3ccccc3C)c(C)c2c(=O)[nH]1. The van der Waals surface area contributed by atoms with E-state index >= 15 is 0 Å². The number of aromatic nitrogens is 2. The van der Waals surface area contributed by atoms with Gasteiger partial charge in [-0.25, -0.2) is 4.98 Å². The Labute approximate surface area is 131 Å². The van der Waals surface area contributed by atoms with E-state index in [1.807, 2.05) is 31.2 Å². The normalized spacial score (nSPS) is 10.9. The van der Waals surface area contributed by atoms with Crippen molar-refractivity contribution in [3.8, 4) is 0 Å². The van der Waals surface area contributed by atoms with Crippen molar-refractivity contribution in [2.45, 2.75) is 20.8 Å². The number of amides is 1. The van der Waals surface area contributed by atoms with Gasteiger partial charge in [-0.05, 0) is 38.0 Å². The number of hydrogen-bond donors (Lipinski definition) is 2. The lowest BCUT2D eigenvalue weighted by Crippen LogP contribution is -2.13. The van der Waals surface area contributed by atoms with Gasteiger partial charge in [-0.15, -0.1) is 11.3 Å². The van der Waals surface area contributed by atoms with Crippen LogP contribution >= 0.6 is 11.3 Å². The van der Waals surface area contributed by atoms with Gasteiger partial charge in [0.15, 0.2) is 0 Å². The van der Waals surface area contributed by atoms with E-state index in [9.17, 15) is 9.59 Å². The van der Waals surface area contributed by atoms with Gasteiger partial charge in [-0.2, -0.15) is 0 Å². The fraction of sp³-hybridized carbons (Fsp3) is 0.188. The quantitative estimate of drug-likeness (QED) is 0.763. The van der Waals surface area contributed by atoms with Gasteiger partial charge in [0.25, 0.3) is 11.5 Å². The van der Waals surface area contributed by atoms with Gasteiger partial charge < -0.3 is 10.3 Å². The molecule has 0 aliphatic carbocycles. The van der Waals surface area contributed by atoms with Crippen molar-refractivity contribution >= 4 is 33.1 Å². The third-order valence-corrected chi connectivity index (χ3v) is 4.70. The molecular weight excluding hydrogens is 298 g/mol. The van der Waals surface area contributed by atoms with Crippen molar-refractivity contribution in [1.29, 1.82) is 0 Å². The molecule has 2 aromatic heterocycles. The standard InChI is InChI=1S/C16H15N3O2S/c1-8-6-4-5-7-11(8)19-15(21)13-9(2)12-14(20)17-10(3)18-16(12)22-13/h4-7H,1-3H3,(H,19,21)(H,17,18,20). The van der Waals surface area contributed by atoms with Crippen LogP contribution in [-0.2, 0) is 0 Å². The van der Waals surface area contributed by atoms with E-state index in [1.54, 1.807) is 13.8 Å². The number of carbonyl (C=O) groups excluding carboxylic acids is 1. The number of anilines is 1. The minimum Gasteiger partial charge on any atom is -0.321 e. The fourth-order valence-corrected chi connectivity index (χ4v) is 3.48. The minimum absolute atomic E-state index is 0.203. The molecule has 1 amide bonds. The van der Waals surface area contributed by atoms with E-state index in [0.717, 1.165) is 11.3 Å². The summed E-state index contributed by atoms with van der Waals surface area (Å²) in [5.74, 6) is 0.330. The van der Waals surface area contributed by atoms with E-state index in [-0.39, 0.29) is 11.5 Å². The van der Waals surface area contributed by atoms with E-state index in [1.165, 1.54) is 11.3 Å². The van der Waals surface area contributed by atoms with Crippen LogP contribution in [0.2, 0.25) is 0 Å². The molecule has 0 saturated heterocycles. The molecule has 2 heterocycles. The van der Waals surface area contributed by atoms with Crippen molar-refractivity contribution in [3.63, 3.8) is 0 Å². The molecular formula is C16H15N3O2S. The lowest BCUT2D eigenvalue weighted by atomic mass is 10.2. The molecule has 0 atom stereocenters. The van der Waals surface area contributed by atoms with Crippen LogP contribution in [0.15, 0.2) is 29.1 Å². The predicted octanol–water partition coefficient (Wildman–Crippen LogP) is 3.16.